The number of nitrogens with one attached hydrogen (secondary N) is 1. The van der Waals surface area contributed by atoms with E-state index in [1.807, 2.05) is 6.92 Å². The molecule has 1 aliphatic carbocycles. The van der Waals surface area contributed by atoms with Crippen molar-refractivity contribution >= 4 is 40.5 Å². The minimum Gasteiger partial charge on any atom is -0.454 e. The van der Waals surface area contributed by atoms with Crippen LogP contribution < -0.4 is 10.1 Å². The topological polar surface area (TPSA) is 81.5 Å². The van der Waals surface area contributed by atoms with E-state index in [0.717, 1.165) is 36.1 Å². The highest BCUT2D eigenvalue weighted by Gasteiger charge is 2.52. The fourth-order valence-electron chi connectivity index (χ4n) is 3.75. The molecule has 1 heterocycles. The second-order valence-corrected chi connectivity index (χ2v) is 7.41. The van der Waals surface area contributed by atoms with Gasteiger partial charge in [-0.15, -0.1) is 0 Å². The number of amides is 1. The number of rotatable bonds is 3. The van der Waals surface area contributed by atoms with Gasteiger partial charge in [0.25, 0.3) is 5.69 Å². The largest absolute Gasteiger partial charge is 0.454 e. The summed E-state index contributed by atoms with van der Waals surface area (Å²) in [7, 11) is 0. The predicted octanol–water partition coefficient (Wildman–Crippen LogP) is 5.38. The van der Waals surface area contributed by atoms with Crippen LogP contribution in [0.25, 0.3) is 0 Å². The lowest BCUT2D eigenvalue weighted by atomic mass is 9.64. The van der Waals surface area contributed by atoms with Gasteiger partial charge in [0.1, 0.15) is 5.75 Å². The predicted molar refractivity (Wildman–Crippen MR) is 98.5 cm³/mol. The van der Waals surface area contributed by atoms with E-state index < -0.39 is 10.3 Å². The Morgan fingerprint density at radius 1 is 1.23 bits per heavy atom. The SMILES string of the molecule is Cc1c(Oc2c(Cl)cc([N+](=O)[O-])cc2Cl)ccc2c1C1(CCC1)C(=O)N2. The first-order valence-corrected chi connectivity index (χ1v) is 8.86. The number of carbonyl (C=O) groups is 1. The lowest BCUT2D eigenvalue weighted by Crippen LogP contribution is -2.41. The molecule has 4 rings (SSSR count). The lowest BCUT2D eigenvalue weighted by molar-refractivity contribution is -0.384. The normalized spacial score (nSPS) is 16.8. The summed E-state index contributed by atoms with van der Waals surface area (Å²) in [5.74, 6) is 0.705. The van der Waals surface area contributed by atoms with E-state index >= 15 is 0 Å². The van der Waals surface area contributed by atoms with E-state index in [9.17, 15) is 14.9 Å². The molecule has 1 amide bonds. The average Bonchev–Trinajstić information content (AvgIpc) is 2.85. The third-order valence-electron chi connectivity index (χ3n) is 5.19. The third-order valence-corrected chi connectivity index (χ3v) is 5.75. The van der Waals surface area contributed by atoms with Crippen molar-refractivity contribution in [1.82, 2.24) is 0 Å². The molecule has 1 spiro atoms. The maximum atomic E-state index is 12.4. The molecule has 26 heavy (non-hydrogen) atoms. The molecule has 1 fully saturated rings. The maximum Gasteiger partial charge on any atom is 0.272 e. The zero-order valence-electron chi connectivity index (χ0n) is 13.8. The number of benzene rings is 2. The van der Waals surface area contributed by atoms with Crippen LogP contribution in [0, 0.1) is 17.0 Å². The summed E-state index contributed by atoms with van der Waals surface area (Å²) >= 11 is 12.3. The summed E-state index contributed by atoms with van der Waals surface area (Å²) in [4.78, 5) is 22.7. The summed E-state index contributed by atoms with van der Waals surface area (Å²) in [5.41, 5.74) is 1.93. The number of nitro groups is 1. The Morgan fingerprint density at radius 2 is 1.88 bits per heavy atom. The first-order valence-electron chi connectivity index (χ1n) is 8.10. The summed E-state index contributed by atoms with van der Waals surface area (Å²) in [6.45, 7) is 1.89. The second kappa shape index (κ2) is 5.86. The molecule has 0 bridgehead atoms. The van der Waals surface area contributed by atoms with Crippen molar-refractivity contribution in [3.05, 3.63) is 55.6 Å². The first kappa shape index (κ1) is 17.1. The van der Waals surface area contributed by atoms with Crippen LogP contribution in [0.1, 0.15) is 30.4 Å². The van der Waals surface area contributed by atoms with Crippen molar-refractivity contribution < 1.29 is 14.5 Å². The number of nitrogens with zero attached hydrogens (tertiary/aromatic N) is 1. The zero-order valence-corrected chi connectivity index (χ0v) is 15.3. The molecule has 134 valence electrons. The van der Waals surface area contributed by atoms with Gasteiger partial charge in [-0.25, -0.2) is 0 Å². The van der Waals surface area contributed by atoms with Gasteiger partial charge in [0, 0.05) is 17.8 Å². The van der Waals surface area contributed by atoms with Gasteiger partial charge in [-0.05, 0) is 43.0 Å². The highest BCUT2D eigenvalue weighted by molar-refractivity contribution is 6.37. The van der Waals surface area contributed by atoms with Crippen LogP contribution in [0.4, 0.5) is 11.4 Å². The molecule has 0 unspecified atom stereocenters. The average molecular weight is 393 g/mol. The summed E-state index contributed by atoms with van der Waals surface area (Å²) in [6, 6.07) is 5.93. The first-order chi connectivity index (χ1) is 12.3. The third kappa shape index (κ3) is 2.36. The van der Waals surface area contributed by atoms with Crippen molar-refractivity contribution in [2.24, 2.45) is 0 Å². The zero-order chi connectivity index (χ0) is 18.6. The molecular weight excluding hydrogens is 379 g/mol. The van der Waals surface area contributed by atoms with Gasteiger partial charge < -0.3 is 10.1 Å². The Morgan fingerprint density at radius 3 is 2.42 bits per heavy atom. The molecule has 8 heteroatoms. The second-order valence-electron chi connectivity index (χ2n) is 6.60. The fourth-order valence-corrected chi connectivity index (χ4v) is 4.30. The Kier molecular flexibility index (Phi) is 3.86. The van der Waals surface area contributed by atoms with E-state index in [4.69, 9.17) is 27.9 Å². The molecule has 0 saturated heterocycles. The van der Waals surface area contributed by atoms with Crippen molar-refractivity contribution in [2.45, 2.75) is 31.6 Å². The summed E-state index contributed by atoms with van der Waals surface area (Å²) in [5, 5.41) is 14.0. The minimum absolute atomic E-state index is 0.0328. The Hall–Kier alpha value is -2.31. The summed E-state index contributed by atoms with van der Waals surface area (Å²) in [6.07, 6.45) is 2.64. The molecular formula is C18H14Cl2N2O4. The quantitative estimate of drug-likeness (QED) is 0.561. The Labute approximate surface area is 159 Å². The molecule has 0 atom stereocenters. The lowest BCUT2D eigenvalue weighted by Gasteiger charge is -2.37. The van der Waals surface area contributed by atoms with Crippen LogP contribution in [0.15, 0.2) is 24.3 Å². The molecule has 1 saturated carbocycles. The van der Waals surface area contributed by atoms with Crippen molar-refractivity contribution in [3.63, 3.8) is 0 Å². The van der Waals surface area contributed by atoms with E-state index in [0.29, 0.717) is 5.75 Å². The van der Waals surface area contributed by atoms with E-state index in [-0.39, 0.29) is 27.4 Å². The van der Waals surface area contributed by atoms with Gasteiger partial charge >= 0.3 is 0 Å². The van der Waals surface area contributed by atoms with Crippen molar-refractivity contribution in [3.8, 4) is 11.5 Å². The smallest absolute Gasteiger partial charge is 0.272 e. The van der Waals surface area contributed by atoms with Crippen LogP contribution in [0.2, 0.25) is 10.0 Å². The number of ether oxygens (including phenoxy) is 1. The summed E-state index contributed by atoms with van der Waals surface area (Å²) < 4.78 is 5.90. The van der Waals surface area contributed by atoms with Crippen LogP contribution in [-0.4, -0.2) is 10.8 Å². The molecule has 6 nitrogen and oxygen atoms in total. The number of non-ortho nitro benzene ring substituents is 1. The standard InChI is InChI=1S/C18H14Cl2N2O4/c1-9-14(26-16-11(19)7-10(22(24)25)8-12(16)20)4-3-13-15(9)18(5-2-6-18)17(23)21-13/h3-4,7-8H,2,5-6H2,1H3,(H,21,23). The number of anilines is 1. The molecule has 2 aromatic carbocycles. The van der Waals surface area contributed by atoms with Gasteiger partial charge in [-0.1, -0.05) is 29.6 Å². The maximum absolute atomic E-state index is 12.4. The number of nitro benzene ring substituents is 1. The molecule has 0 radical (unpaired) electrons. The van der Waals surface area contributed by atoms with Crippen LogP contribution in [-0.2, 0) is 10.2 Å². The van der Waals surface area contributed by atoms with Crippen LogP contribution in [0.5, 0.6) is 11.5 Å². The van der Waals surface area contributed by atoms with Crippen molar-refractivity contribution in [1.29, 1.82) is 0 Å². The number of carbonyl (C=O) groups excluding carboxylic acids is 1. The monoisotopic (exact) mass is 392 g/mol. The van der Waals surface area contributed by atoms with Gasteiger partial charge in [0.2, 0.25) is 5.91 Å². The highest BCUT2D eigenvalue weighted by Crippen LogP contribution is 2.54. The van der Waals surface area contributed by atoms with Gasteiger partial charge in [-0.2, -0.15) is 0 Å². The molecule has 2 aromatic rings. The van der Waals surface area contributed by atoms with Gasteiger partial charge in [0.15, 0.2) is 5.75 Å². The van der Waals surface area contributed by atoms with Crippen molar-refractivity contribution in [2.75, 3.05) is 5.32 Å². The molecule has 0 aromatic heterocycles. The Balaban J connectivity index is 1.76. The number of hydrogen-bond donors (Lipinski definition) is 1. The van der Waals surface area contributed by atoms with Crippen LogP contribution >= 0.6 is 23.2 Å². The number of halogens is 2. The highest BCUT2D eigenvalue weighted by atomic mass is 35.5. The molecule has 1 aliphatic heterocycles. The Bertz CT molecular complexity index is 947. The van der Waals surface area contributed by atoms with E-state index in [1.54, 1.807) is 12.1 Å². The van der Waals surface area contributed by atoms with E-state index in [1.165, 1.54) is 12.1 Å². The minimum atomic E-state index is -0.570. The van der Waals surface area contributed by atoms with E-state index in [2.05, 4.69) is 5.32 Å². The molecule has 1 N–H and O–H groups in total. The van der Waals surface area contributed by atoms with Crippen LogP contribution in [0.3, 0.4) is 0 Å². The molecule has 2 aliphatic rings. The fraction of sp³-hybridized carbons (Fsp3) is 0.278. The number of hydrogen-bond acceptors (Lipinski definition) is 4. The van der Waals surface area contributed by atoms with Gasteiger partial charge in [-0.3, -0.25) is 14.9 Å². The van der Waals surface area contributed by atoms with Gasteiger partial charge in [0.05, 0.1) is 20.4 Å². The number of fused-ring (bicyclic) bond motifs is 2.